The van der Waals surface area contributed by atoms with E-state index in [2.05, 4.69) is 45.7 Å². The van der Waals surface area contributed by atoms with Crippen LogP contribution >= 0.6 is 0 Å². The topological polar surface area (TPSA) is 51.4 Å². The fraction of sp³-hybridized carbons (Fsp3) is 0.400. The van der Waals surface area contributed by atoms with Gasteiger partial charge in [0.25, 0.3) is 0 Å². The molecule has 30 heavy (non-hydrogen) atoms. The maximum Gasteiger partial charge on any atom is 0.321 e. The molecule has 2 amide bonds. The Kier molecular flexibility index (Phi) is 6.09. The van der Waals surface area contributed by atoms with Crippen LogP contribution in [0.5, 0.6) is 0 Å². The Morgan fingerprint density at radius 1 is 1.10 bits per heavy atom. The Bertz CT molecular complexity index is 997. The van der Waals surface area contributed by atoms with E-state index in [1.807, 2.05) is 44.0 Å². The second kappa shape index (κ2) is 8.92. The SMILES string of the molecule is Cc1cccc(C)c1NC(=O)N(C)C1CCN(CCc2c[nH]c3ccccc23)CC1. The van der Waals surface area contributed by atoms with Gasteiger partial charge in [0, 0.05) is 55.5 Å². The number of urea groups is 1. The zero-order chi connectivity index (χ0) is 21.1. The molecular weight excluding hydrogens is 372 g/mol. The Balaban J connectivity index is 1.28. The van der Waals surface area contributed by atoms with Gasteiger partial charge < -0.3 is 20.1 Å². The molecule has 1 aromatic heterocycles. The van der Waals surface area contributed by atoms with Crippen molar-refractivity contribution in [1.29, 1.82) is 0 Å². The summed E-state index contributed by atoms with van der Waals surface area (Å²) in [7, 11) is 1.93. The monoisotopic (exact) mass is 404 g/mol. The fourth-order valence-corrected chi connectivity index (χ4v) is 4.52. The lowest BCUT2D eigenvalue weighted by molar-refractivity contribution is 0.142. The first-order valence-corrected chi connectivity index (χ1v) is 10.9. The normalized spacial score (nSPS) is 15.4. The highest BCUT2D eigenvalue weighted by Gasteiger charge is 2.25. The number of aromatic amines is 1. The van der Waals surface area contributed by atoms with Gasteiger partial charge in [0.1, 0.15) is 0 Å². The molecule has 0 atom stereocenters. The summed E-state index contributed by atoms with van der Waals surface area (Å²) >= 11 is 0. The van der Waals surface area contributed by atoms with Crippen LogP contribution in [0.4, 0.5) is 10.5 Å². The molecule has 158 valence electrons. The molecule has 0 aliphatic carbocycles. The van der Waals surface area contributed by atoms with Crippen molar-refractivity contribution in [3.63, 3.8) is 0 Å². The van der Waals surface area contributed by atoms with E-state index < -0.39 is 0 Å². The molecule has 1 fully saturated rings. The van der Waals surface area contributed by atoms with E-state index in [-0.39, 0.29) is 6.03 Å². The number of benzene rings is 2. The molecule has 5 nitrogen and oxygen atoms in total. The highest BCUT2D eigenvalue weighted by atomic mass is 16.2. The molecule has 2 aromatic carbocycles. The van der Waals surface area contributed by atoms with Crippen molar-refractivity contribution in [2.75, 3.05) is 32.0 Å². The lowest BCUT2D eigenvalue weighted by Gasteiger charge is -2.36. The van der Waals surface area contributed by atoms with Crippen molar-refractivity contribution in [2.24, 2.45) is 0 Å². The average Bonchev–Trinajstić information content (AvgIpc) is 3.18. The third-order valence-corrected chi connectivity index (χ3v) is 6.51. The standard InChI is InChI=1S/C25H32N4O/c1-18-7-6-8-19(2)24(18)27-25(30)28(3)21-12-15-29(16-13-21)14-11-20-17-26-23-10-5-4-9-22(20)23/h4-10,17,21,26H,11-16H2,1-3H3,(H,27,30). The van der Waals surface area contributed by atoms with Crippen molar-refractivity contribution in [3.05, 3.63) is 65.4 Å². The van der Waals surface area contributed by atoms with E-state index in [4.69, 9.17) is 0 Å². The largest absolute Gasteiger partial charge is 0.361 e. The highest BCUT2D eigenvalue weighted by molar-refractivity contribution is 5.91. The molecular formula is C25H32N4O. The number of rotatable bonds is 5. The van der Waals surface area contributed by atoms with E-state index in [9.17, 15) is 4.79 Å². The predicted molar refractivity (Wildman–Crippen MR) is 124 cm³/mol. The summed E-state index contributed by atoms with van der Waals surface area (Å²) in [5, 5.41) is 4.45. The molecule has 2 heterocycles. The first-order valence-electron chi connectivity index (χ1n) is 10.9. The van der Waals surface area contributed by atoms with Crippen LogP contribution in [-0.2, 0) is 6.42 Å². The second-order valence-corrected chi connectivity index (χ2v) is 8.49. The van der Waals surface area contributed by atoms with E-state index >= 15 is 0 Å². The molecule has 4 rings (SSSR count). The molecule has 1 aliphatic heterocycles. The molecule has 5 heteroatoms. The number of nitrogens with zero attached hydrogens (tertiary/aromatic N) is 2. The second-order valence-electron chi connectivity index (χ2n) is 8.49. The summed E-state index contributed by atoms with van der Waals surface area (Å²) in [5.74, 6) is 0. The van der Waals surface area contributed by atoms with Gasteiger partial charge in [-0.05, 0) is 55.9 Å². The number of anilines is 1. The van der Waals surface area contributed by atoms with Gasteiger partial charge in [-0.1, -0.05) is 36.4 Å². The van der Waals surface area contributed by atoms with E-state index in [0.29, 0.717) is 6.04 Å². The first kappa shape index (κ1) is 20.5. The Morgan fingerprint density at radius 2 is 1.80 bits per heavy atom. The number of nitrogens with one attached hydrogen (secondary N) is 2. The summed E-state index contributed by atoms with van der Waals surface area (Å²) in [6.45, 7) is 7.21. The molecule has 1 aliphatic rings. The van der Waals surface area contributed by atoms with Gasteiger partial charge in [0.2, 0.25) is 0 Å². The third kappa shape index (κ3) is 4.36. The number of fused-ring (bicyclic) bond motifs is 1. The maximum absolute atomic E-state index is 12.8. The number of amides is 2. The third-order valence-electron chi connectivity index (χ3n) is 6.51. The van der Waals surface area contributed by atoms with E-state index in [0.717, 1.165) is 55.7 Å². The van der Waals surface area contributed by atoms with Crippen molar-refractivity contribution >= 4 is 22.6 Å². The Morgan fingerprint density at radius 3 is 2.53 bits per heavy atom. The smallest absolute Gasteiger partial charge is 0.321 e. The maximum atomic E-state index is 12.8. The number of hydrogen-bond acceptors (Lipinski definition) is 2. The number of likely N-dealkylation sites (tertiary alicyclic amines) is 1. The van der Waals surface area contributed by atoms with Gasteiger partial charge in [-0.15, -0.1) is 0 Å². The van der Waals surface area contributed by atoms with Crippen LogP contribution < -0.4 is 5.32 Å². The minimum absolute atomic E-state index is 0.00959. The van der Waals surface area contributed by atoms with Gasteiger partial charge in [0.05, 0.1) is 0 Å². The summed E-state index contributed by atoms with van der Waals surface area (Å²) in [5.41, 5.74) is 5.73. The van der Waals surface area contributed by atoms with Gasteiger partial charge in [-0.2, -0.15) is 0 Å². The zero-order valence-electron chi connectivity index (χ0n) is 18.2. The van der Waals surface area contributed by atoms with Crippen LogP contribution in [0.2, 0.25) is 0 Å². The minimum Gasteiger partial charge on any atom is -0.361 e. The quantitative estimate of drug-likeness (QED) is 0.632. The number of aryl methyl sites for hydroxylation is 2. The lowest BCUT2D eigenvalue weighted by Crippen LogP contribution is -2.47. The summed E-state index contributed by atoms with van der Waals surface area (Å²) in [4.78, 5) is 20.6. The summed E-state index contributed by atoms with van der Waals surface area (Å²) in [6.07, 6.45) is 5.23. The first-order chi connectivity index (χ1) is 14.5. The average molecular weight is 405 g/mol. The summed E-state index contributed by atoms with van der Waals surface area (Å²) < 4.78 is 0. The van der Waals surface area contributed by atoms with Crippen molar-refractivity contribution in [1.82, 2.24) is 14.8 Å². The predicted octanol–water partition coefficient (Wildman–Crippen LogP) is 4.96. The molecule has 3 aromatic rings. The van der Waals surface area contributed by atoms with Crippen molar-refractivity contribution in [3.8, 4) is 0 Å². The van der Waals surface area contributed by atoms with E-state index in [1.165, 1.54) is 16.5 Å². The lowest BCUT2D eigenvalue weighted by atomic mass is 10.0. The fourth-order valence-electron chi connectivity index (χ4n) is 4.52. The molecule has 1 saturated heterocycles. The summed E-state index contributed by atoms with van der Waals surface area (Å²) in [6, 6.07) is 14.9. The van der Waals surface area contributed by atoms with Crippen LogP contribution in [0.1, 0.15) is 29.5 Å². The molecule has 0 spiro atoms. The zero-order valence-corrected chi connectivity index (χ0v) is 18.2. The van der Waals surface area contributed by atoms with Crippen molar-refractivity contribution in [2.45, 2.75) is 39.2 Å². The minimum atomic E-state index is -0.00959. The number of hydrogen-bond donors (Lipinski definition) is 2. The molecule has 0 bridgehead atoms. The Hall–Kier alpha value is -2.79. The number of aromatic nitrogens is 1. The van der Waals surface area contributed by atoms with E-state index in [1.54, 1.807) is 0 Å². The molecule has 0 saturated carbocycles. The van der Waals surface area contributed by atoms with Crippen molar-refractivity contribution < 1.29 is 4.79 Å². The highest BCUT2D eigenvalue weighted by Crippen LogP contribution is 2.23. The number of para-hydroxylation sites is 2. The van der Waals surface area contributed by atoms with Crippen LogP contribution in [0.15, 0.2) is 48.7 Å². The molecule has 0 unspecified atom stereocenters. The van der Waals surface area contributed by atoms with Crippen LogP contribution in [-0.4, -0.2) is 53.5 Å². The Labute approximate surface area is 179 Å². The van der Waals surface area contributed by atoms with Gasteiger partial charge in [-0.25, -0.2) is 4.79 Å². The van der Waals surface area contributed by atoms with Crippen LogP contribution in [0, 0.1) is 13.8 Å². The van der Waals surface area contributed by atoms with Gasteiger partial charge in [-0.3, -0.25) is 0 Å². The number of piperidine rings is 1. The van der Waals surface area contributed by atoms with Crippen LogP contribution in [0.25, 0.3) is 10.9 Å². The molecule has 2 N–H and O–H groups in total. The number of carbonyl (C=O) groups excluding carboxylic acids is 1. The van der Waals surface area contributed by atoms with Crippen LogP contribution in [0.3, 0.4) is 0 Å². The number of carbonyl (C=O) groups is 1. The van der Waals surface area contributed by atoms with Gasteiger partial charge in [0.15, 0.2) is 0 Å². The number of H-pyrrole nitrogens is 1. The van der Waals surface area contributed by atoms with Gasteiger partial charge >= 0.3 is 6.03 Å². The molecule has 0 radical (unpaired) electrons.